The molecule has 1 atom stereocenters. The summed E-state index contributed by atoms with van der Waals surface area (Å²) in [6, 6.07) is 9.13. The third-order valence-electron chi connectivity index (χ3n) is 3.45. The summed E-state index contributed by atoms with van der Waals surface area (Å²) in [6.07, 6.45) is 3.46. The van der Waals surface area contributed by atoms with Crippen molar-refractivity contribution < 1.29 is 4.74 Å². The Hall–Kier alpha value is -1.02. The number of ether oxygens (including phenoxy) is 1. The number of benzene rings is 1. The van der Waals surface area contributed by atoms with Crippen LogP contribution in [-0.4, -0.2) is 19.2 Å². The first-order valence-corrected chi connectivity index (χ1v) is 7.59. The zero-order chi connectivity index (χ0) is 14.1. The normalized spacial score (nSPS) is 12.7. The van der Waals surface area contributed by atoms with Crippen LogP contribution in [0.5, 0.6) is 5.75 Å². The summed E-state index contributed by atoms with van der Waals surface area (Å²) < 4.78 is 5.75. The van der Waals surface area contributed by atoms with Crippen LogP contribution in [0.25, 0.3) is 0 Å². The third kappa shape index (κ3) is 6.63. The maximum absolute atomic E-state index is 5.75. The molecule has 0 fully saturated rings. The Bertz CT molecular complexity index is 332. The van der Waals surface area contributed by atoms with Crippen LogP contribution in [0, 0.1) is 0 Å². The highest BCUT2D eigenvalue weighted by molar-refractivity contribution is 5.29. The quantitative estimate of drug-likeness (QED) is 0.668. The lowest BCUT2D eigenvalue weighted by Gasteiger charge is -2.11. The molecule has 1 unspecified atom stereocenters. The van der Waals surface area contributed by atoms with E-state index in [4.69, 9.17) is 4.74 Å². The fourth-order valence-electron chi connectivity index (χ4n) is 1.94. The summed E-state index contributed by atoms with van der Waals surface area (Å²) in [7, 11) is 0. The minimum Gasteiger partial charge on any atom is -0.494 e. The van der Waals surface area contributed by atoms with Gasteiger partial charge < -0.3 is 10.1 Å². The Labute approximate surface area is 118 Å². The number of rotatable bonds is 9. The SMILES string of the molecule is CCC(C)c1ccc(OCCCCNC(C)C)cc1. The van der Waals surface area contributed by atoms with Crippen LogP contribution < -0.4 is 10.1 Å². The van der Waals surface area contributed by atoms with Gasteiger partial charge in [-0.2, -0.15) is 0 Å². The van der Waals surface area contributed by atoms with E-state index < -0.39 is 0 Å². The Morgan fingerprint density at radius 3 is 2.32 bits per heavy atom. The van der Waals surface area contributed by atoms with Crippen LogP contribution in [-0.2, 0) is 0 Å². The van der Waals surface area contributed by atoms with Gasteiger partial charge in [0.05, 0.1) is 6.61 Å². The van der Waals surface area contributed by atoms with Crippen molar-refractivity contribution in [2.75, 3.05) is 13.2 Å². The smallest absolute Gasteiger partial charge is 0.119 e. The molecule has 0 bridgehead atoms. The van der Waals surface area contributed by atoms with Gasteiger partial charge in [-0.15, -0.1) is 0 Å². The van der Waals surface area contributed by atoms with Crippen LogP contribution >= 0.6 is 0 Å². The Morgan fingerprint density at radius 1 is 1.05 bits per heavy atom. The van der Waals surface area contributed by atoms with Gasteiger partial charge in [-0.25, -0.2) is 0 Å². The molecule has 0 spiro atoms. The molecule has 1 aromatic rings. The molecular weight excluding hydrogens is 234 g/mol. The van der Waals surface area contributed by atoms with Crippen LogP contribution in [0.3, 0.4) is 0 Å². The van der Waals surface area contributed by atoms with Crippen molar-refractivity contribution in [3.63, 3.8) is 0 Å². The third-order valence-corrected chi connectivity index (χ3v) is 3.45. The van der Waals surface area contributed by atoms with Crippen LogP contribution in [0.4, 0.5) is 0 Å². The first-order chi connectivity index (χ1) is 9.13. The van der Waals surface area contributed by atoms with Crippen molar-refractivity contribution in [2.45, 2.75) is 58.9 Å². The average molecular weight is 263 g/mol. The predicted octanol–water partition coefficient (Wildman–Crippen LogP) is 4.36. The predicted molar refractivity (Wildman–Crippen MR) is 83.0 cm³/mol. The summed E-state index contributed by atoms with van der Waals surface area (Å²) >= 11 is 0. The lowest BCUT2D eigenvalue weighted by Crippen LogP contribution is -2.23. The molecule has 108 valence electrons. The van der Waals surface area contributed by atoms with E-state index in [0.29, 0.717) is 12.0 Å². The van der Waals surface area contributed by atoms with Crippen molar-refractivity contribution in [2.24, 2.45) is 0 Å². The highest BCUT2D eigenvalue weighted by atomic mass is 16.5. The fourth-order valence-corrected chi connectivity index (χ4v) is 1.94. The van der Waals surface area contributed by atoms with E-state index in [9.17, 15) is 0 Å². The van der Waals surface area contributed by atoms with E-state index in [1.54, 1.807) is 0 Å². The maximum atomic E-state index is 5.75. The fraction of sp³-hybridized carbons (Fsp3) is 0.647. The van der Waals surface area contributed by atoms with Crippen molar-refractivity contribution in [3.8, 4) is 5.75 Å². The zero-order valence-corrected chi connectivity index (χ0v) is 12.9. The first kappa shape index (κ1) is 16.0. The van der Waals surface area contributed by atoms with Gasteiger partial charge in [0.25, 0.3) is 0 Å². The molecule has 19 heavy (non-hydrogen) atoms. The molecule has 0 saturated carbocycles. The molecule has 1 rings (SSSR count). The van der Waals surface area contributed by atoms with E-state index in [1.165, 1.54) is 18.4 Å². The molecule has 0 aliphatic carbocycles. The van der Waals surface area contributed by atoms with Gasteiger partial charge in [-0.05, 0) is 49.4 Å². The van der Waals surface area contributed by atoms with Crippen LogP contribution in [0.2, 0.25) is 0 Å². The molecule has 0 aromatic heterocycles. The van der Waals surface area contributed by atoms with Crippen molar-refractivity contribution >= 4 is 0 Å². The van der Waals surface area contributed by atoms with Gasteiger partial charge in [0, 0.05) is 6.04 Å². The minimum absolute atomic E-state index is 0.578. The van der Waals surface area contributed by atoms with Crippen LogP contribution in [0.1, 0.15) is 58.4 Å². The average Bonchev–Trinajstić information content (AvgIpc) is 2.42. The van der Waals surface area contributed by atoms with Crippen molar-refractivity contribution in [3.05, 3.63) is 29.8 Å². The van der Waals surface area contributed by atoms with Gasteiger partial charge in [0.15, 0.2) is 0 Å². The molecule has 0 heterocycles. The molecule has 0 radical (unpaired) electrons. The Kier molecular flexibility index (Phi) is 7.57. The molecule has 2 heteroatoms. The Morgan fingerprint density at radius 2 is 1.74 bits per heavy atom. The molecule has 2 nitrogen and oxygen atoms in total. The molecule has 1 N–H and O–H groups in total. The highest BCUT2D eigenvalue weighted by Crippen LogP contribution is 2.21. The van der Waals surface area contributed by atoms with Gasteiger partial charge in [0.2, 0.25) is 0 Å². The summed E-state index contributed by atoms with van der Waals surface area (Å²) in [4.78, 5) is 0. The lowest BCUT2D eigenvalue weighted by atomic mass is 9.99. The summed E-state index contributed by atoms with van der Waals surface area (Å²) in [6.45, 7) is 10.7. The van der Waals surface area contributed by atoms with E-state index in [1.807, 2.05) is 0 Å². The summed E-state index contributed by atoms with van der Waals surface area (Å²) in [5.41, 5.74) is 1.40. The van der Waals surface area contributed by atoms with E-state index in [-0.39, 0.29) is 0 Å². The van der Waals surface area contributed by atoms with Crippen LogP contribution in [0.15, 0.2) is 24.3 Å². The van der Waals surface area contributed by atoms with Gasteiger partial charge >= 0.3 is 0 Å². The highest BCUT2D eigenvalue weighted by Gasteiger charge is 2.02. The molecule has 0 aliphatic heterocycles. The number of nitrogens with one attached hydrogen (secondary N) is 1. The molecule has 1 aromatic carbocycles. The topological polar surface area (TPSA) is 21.3 Å². The minimum atomic E-state index is 0.578. The van der Waals surface area contributed by atoms with E-state index in [0.717, 1.165) is 25.3 Å². The molecule has 0 aliphatic rings. The van der Waals surface area contributed by atoms with Gasteiger partial charge in [-0.1, -0.05) is 39.8 Å². The van der Waals surface area contributed by atoms with Gasteiger partial charge in [0.1, 0.15) is 5.75 Å². The number of hydrogen-bond acceptors (Lipinski definition) is 2. The Balaban J connectivity index is 2.19. The summed E-state index contributed by atoms with van der Waals surface area (Å²) in [5, 5.41) is 3.41. The second-order valence-electron chi connectivity index (χ2n) is 5.54. The molecule has 0 amide bonds. The monoisotopic (exact) mass is 263 g/mol. The van der Waals surface area contributed by atoms with Crippen molar-refractivity contribution in [1.29, 1.82) is 0 Å². The number of hydrogen-bond donors (Lipinski definition) is 1. The van der Waals surface area contributed by atoms with Crippen molar-refractivity contribution in [1.82, 2.24) is 5.32 Å². The second kappa shape index (κ2) is 8.98. The first-order valence-electron chi connectivity index (χ1n) is 7.59. The van der Waals surface area contributed by atoms with E-state index >= 15 is 0 Å². The largest absolute Gasteiger partial charge is 0.494 e. The number of unbranched alkanes of at least 4 members (excludes halogenated alkanes) is 1. The second-order valence-corrected chi connectivity index (χ2v) is 5.54. The zero-order valence-electron chi connectivity index (χ0n) is 12.9. The molecule has 0 saturated heterocycles. The molecular formula is C17H29NO. The maximum Gasteiger partial charge on any atom is 0.119 e. The summed E-state index contributed by atoms with van der Waals surface area (Å²) in [5.74, 6) is 1.63. The van der Waals surface area contributed by atoms with E-state index in [2.05, 4.69) is 57.3 Å². The van der Waals surface area contributed by atoms with Gasteiger partial charge in [-0.3, -0.25) is 0 Å². The standard InChI is InChI=1S/C17H29NO/c1-5-15(4)16-8-10-17(11-9-16)19-13-7-6-12-18-14(2)3/h8-11,14-15,18H,5-7,12-13H2,1-4H3. The lowest BCUT2D eigenvalue weighted by molar-refractivity contribution is 0.305.